The number of nitrogens with two attached hydrogens (primary N) is 1. The summed E-state index contributed by atoms with van der Waals surface area (Å²) in [5.41, 5.74) is 5.65. The fourth-order valence-electron chi connectivity index (χ4n) is 2.87. The van der Waals surface area contributed by atoms with Crippen LogP contribution in [0.1, 0.15) is 32.1 Å². The van der Waals surface area contributed by atoms with E-state index < -0.39 is 32.6 Å². The SMILES string of the molecule is NCC(NS(=O)(=O)c1c(F)cccc1F)C1CCCCC1. The van der Waals surface area contributed by atoms with E-state index in [1.165, 1.54) is 0 Å². The van der Waals surface area contributed by atoms with Crippen molar-refractivity contribution in [1.29, 1.82) is 0 Å². The largest absolute Gasteiger partial charge is 0.329 e. The van der Waals surface area contributed by atoms with Crippen LogP contribution in [0.2, 0.25) is 0 Å². The zero-order chi connectivity index (χ0) is 15.5. The molecule has 1 fully saturated rings. The summed E-state index contributed by atoms with van der Waals surface area (Å²) in [4.78, 5) is -0.931. The first-order valence-electron chi connectivity index (χ1n) is 7.12. The summed E-state index contributed by atoms with van der Waals surface area (Å²) in [6.07, 6.45) is 4.94. The van der Waals surface area contributed by atoms with Crippen LogP contribution in [-0.2, 0) is 10.0 Å². The predicted molar refractivity (Wildman–Crippen MR) is 76.1 cm³/mol. The van der Waals surface area contributed by atoms with Gasteiger partial charge in [-0.05, 0) is 30.9 Å². The van der Waals surface area contributed by atoms with Gasteiger partial charge in [-0.2, -0.15) is 0 Å². The van der Waals surface area contributed by atoms with Crippen molar-refractivity contribution in [3.63, 3.8) is 0 Å². The summed E-state index contributed by atoms with van der Waals surface area (Å²) >= 11 is 0. The van der Waals surface area contributed by atoms with Gasteiger partial charge < -0.3 is 5.73 Å². The molecule has 0 radical (unpaired) electrons. The van der Waals surface area contributed by atoms with Crippen LogP contribution >= 0.6 is 0 Å². The molecule has 1 saturated carbocycles. The van der Waals surface area contributed by atoms with Crippen molar-refractivity contribution in [1.82, 2.24) is 4.72 Å². The highest BCUT2D eigenvalue weighted by Crippen LogP contribution is 2.27. The van der Waals surface area contributed by atoms with Crippen LogP contribution < -0.4 is 10.5 Å². The molecule has 2 rings (SSSR count). The molecule has 0 saturated heterocycles. The quantitative estimate of drug-likeness (QED) is 0.874. The smallest absolute Gasteiger partial charge is 0.246 e. The Balaban J connectivity index is 2.23. The van der Waals surface area contributed by atoms with E-state index in [9.17, 15) is 17.2 Å². The Morgan fingerprint density at radius 2 is 1.76 bits per heavy atom. The molecule has 0 heterocycles. The Morgan fingerprint density at radius 1 is 1.19 bits per heavy atom. The lowest BCUT2D eigenvalue weighted by molar-refractivity contribution is 0.293. The number of benzene rings is 1. The Morgan fingerprint density at radius 3 is 2.29 bits per heavy atom. The third kappa shape index (κ3) is 3.78. The van der Waals surface area contributed by atoms with E-state index in [0.717, 1.165) is 50.3 Å². The predicted octanol–water partition coefficient (Wildman–Crippen LogP) is 2.15. The van der Waals surface area contributed by atoms with Gasteiger partial charge in [0.2, 0.25) is 10.0 Å². The van der Waals surface area contributed by atoms with Crippen molar-refractivity contribution in [2.45, 2.75) is 43.0 Å². The Kier molecular flexibility index (Phi) is 5.29. The van der Waals surface area contributed by atoms with E-state index in [0.29, 0.717) is 0 Å². The highest BCUT2D eigenvalue weighted by Gasteiger charge is 2.30. The van der Waals surface area contributed by atoms with Crippen molar-refractivity contribution >= 4 is 10.0 Å². The standard InChI is InChI=1S/C14H20F2N2O2S/c15-11-7-4-8-12(16)14(11)21(19,20)18-13(9-17)10-5-2-1-3-6-10/h4,7-8,10,13,18H,1-3,5-6,9,17H2. The molecular formula is C14H20F2N2O2S. The second kappa shape index (κ2) is 6.81. The zero-order valence-corrected chi connectivity index (χ0v) is 12.5. The van der Waals surface area contributed by atoms with Crippen LogP contribution in [0.3, 0.4) is 0 Å². The minimum Gasteiger partial charge on any atom is -0.329 e. The van der Waals surface area contributed by atoms with E-state index in [4.69, 9.17) is 5.73 Å². The Labute approximate surface area is 123 Å². The molecule has 1 aromatic carbocycles. The van der Waals surface area contributed by atoms with Crippen LogP contribution in [0.4, 0.5) is 8.78 Å². The second-order valence-corrected chi connectivity index (χ2v) is 7.06. The van der Waals surface area contributed by atoms with E-state index in [2.05, 4.69) is 4.72 Å². The van der Waals surface area contributed by atoms with Crippen LogP contribution in [0.5, 0.6) is 0 Å². The molecule has 3 N–H and O–H groups in total. The molecule has 0 amide bonds. The maximum atomic E-state index is 13.7. The lowest BCUT2D eigenvalue weighted by Crippen LogP contribution is -2.46. The first kappa shape index (κ1) is 16.3. The van der Waals surface area contributed by atoms with Crippen molar-refractivity contribution in [3.05, 3.63) is 29.8 Å². The second-order valence-electron chi connectivity index (χ2n) is 5.41. The molecule has 7 heteroatoms. The molecule has 1 aromatic rings. The molecule has 0 bridgehead atoms. The molecular weight excluding hydrogens is 298 g/mol. The van der Waals surface area contributed by atoms with Gasteiger partial charge in [-0.25, -0.2) is 21.9 Å². The summed E-state index contributed by atoms with van der Waals surface area (Å²) in [5, 5.41) is 0. The monoisotopic (exact) mass is 318 g/mol. The summed E-state index contributed by atoms with van der Waals surface area (Å²) in [6.45, 7) is 0.111. The summed E-state index contributed by atoms with van der Waals surface area (Å²) in [5.74, 6) is -2.07. The van der Waals surface area contributed by atoms with E-state index in [1.54, 1.807) is 0 Å². The average molecular weight is 318 g/mol. The number of hydrogen-bond acceptors (Lipinski definition) is 3. The third-order valence-corrected chi connectivity index (χ3v) is 5.51. The fraction of sp³-hybridized carbons (Fsp3) is 0.571. The number of sulfonamides is 1. The first-order valence-corrected chi connectivity index (χ1v) is 8.60. The maximum Gasteiger partial charge on any atom is 0.246 e. The van der Waals surface area contributed by atoms with Gasteiger partial charge in [0.15, 0.2) is 4.90 Å². The molecule has 0 aromatic heterocycles. The van der Waals surface area contributed by atoms with E-state index in [1.807, 2.05) is 0 Å². The number of hydrogen-bond donors (Lipinski definition) is 2. The van der Waals surface area contributed by atoms with Crippen LogP contribution in [0, 0.1) is 17.6 Å². The summed E-state index contributed by atoms with van der Waals surface area (Å²) in [7, 11) is -4.26. The lowest BCUT2D eigenvalue weighted by Gasteiger charge is -2.29. The van der Waals surface area contributed by atoms with Gasteiger partial charge >= 0.3 is 0 Å². The molecule has 1 aliphatic rings. The van der Waals surface area contributed by atoms with Crippen LogP contribution in [-0.4, -0.2) is 21.0 Å². The van der Waals surface area contributed by atoms with Crippen LogP contribution in [0.25, 0.3) is 0 Å². The maximum absolute atomic E-state index is 13.7. The van der Waals surface area contributed by atoms with Gasteiger partial charge in [0.25, 0.3) is 0 Å². The lowest BCUT2D eigenvalue weighted by atomic mass is 9.84. The molecule has 21 heavy (non-hydrogen) atoms. The fourth-order valence-corrected chi connectivity index (χ4v) is 4.33. The van der Waals surface area contributed by atoms with Crippen molar-refractivity contribution < 1.29 is 17.2 Å². The van der Waals surface area contributed by atoms with Crippen molar-refractivity contribution in [2.24, 2.45) is 11.7 Å². The highest BCUT2D eigenvalue weighted by atomic mass is 32.2. The minimum atomic E-state index is -4.26. The van der Waals surface area contributed by atoms with Crippen molar-refractivity contribution in [3.8, 4) is 0 Å². The molecule has 4 nitrogen and oxygen atoms in total. The summed E-state index contributed by atoms with van der Waals surface area (Å²) < 4.78 is 54.2. The van der Waals surface area contributed by atoms with Gasteiger partial charge in [-0.3, -0.25) is 0 Å². The van der Waals surface area contributed by atoms with Crippen molar-refractivity contribution in [2.75, 3.05) is 6.54 Å². The first-order chi connectivity index (χ1) is 9.95. The minimum absolute atomic E-state index is 0.111. The number of nitrogens with one attached hydrogen (secondary N) is 1. The van der Waals surface area contributed by atoms with Gasteiger partial charge in [-0.1, -0.05) is 25.3 Å². The Bertz CT molecular complexity index is 566. The number of halogens is 2. The zero-order valence-electron chi connectivity index (χ0n) is 11.7. The van der Waals surface area contributed by atoms with Gasteiger partial charge in [0.05, 0.1) is 0 Å². The topological polar surface area (TPSA) is 72.2 Å². The molecule has 1 unspecified atom stereocenters. The van der Waals surface area contributed by atoms with E-state index >= 15 is 0 Å². The van der Waals surface area contributed by atoms with Crippen LogP contribution in [0.15, 0.2) is 23.1 Å². The third-order valence-electron chi connectivity index (χ3n) is 3.97. The number of rotatable bonds is 5. The van der Waals surface area contributed by atoms with Gasteiger partial charge in [-0.15, -0.1) is 0 Å². The Hall–Kier alpha value is -1.05. The average Bonchev–Trinajstić information content (AvgIpc) is 2.45. The molecule has 1 aliphatic carbocycles. The molecule has 118 valence electrons. The summed E-state index contributed by atoms with van der Waals surface area (Å²) in [6, 6.07) is 2.49. The van der Waals surface area contributed by atoms with E-state index in [-0.39, 0.29) is 12.5 Å². The van der Waals surface area contributed by atoms with Gasteiger partial charge in [0.1, 0.15) is 11.6 Å². The molecule has 0 spiro atoms. The normalized spacial score (nSPS) is 18.6. The van der Waals surface area contributed by atoms with Gasteiger partial charge in [0, 0.05) is 12.6 Å². The highest BCUT2D eigenvalue weighted by molar-refractivity contribution is 7.89. The molecule has 0 aliphatic heterocycles. The molecule has 1 atom stereocenters.